The van der Waals surface area contributed by atoms with Crippen molar-refractivity contribution in [3.63, 3.8) is 0 Å². The van der Waals surface area contributed by atoms with Gasteiger partial charge in [0.1, 0.15) is 9.81 Å². The van der Waals surface area contributed by atoms with Crippen molar-refractivity contribution < 1.29 is 22.8 Å². The van der Waals surface area contributed by atoms with Crippen LogP contribution in [-0.2, 0) is 32.6 Å². The summed E-state index contributed by atoms with van der Waals surface area (Å²) in [5.74, 6) is 0. The average Bonchev–Trinajstić information content (AvgIpc) is 3.03. The van der Waals surface area contributed by atoms with Gasteiger partial charge >= 0.3 is 6.16 Å². The van der Waals surface area contributed by atoms with Gasteiger partial charge in [0.25, 0.3) is 10.0 Å². The van der Waals surface area contributed by atoms with Gasteiger partial charge in [-0.2, -0.15) is 0 Å². The van der Waals surface area contributed by atoms with E-state index < -0.39 is 21.8 Å². The van der Waals surface area contributed by atoms with Gasteiger partial charge < -0.3 is 9.57 Å². The van der Waals surface area contributed by atoms with Crippen LogP contribution in [0.25, 0.3) is 10.1 Å². The molecule has 0 fully saturated rings. The number of thiophene rings is 1. The first kappa shape index (κ1) is 23.8. The number of fused-ring (bicyclic) bond motifs is 2. The lowest BCUT2D eigenvalue weighted by Gasteiger charge is -2.28. The van der Waals surface area contributed by atoms with Gasteiger partial charge in [0.2, 0.25) is 0 Å². The van der Waals surface area contributed by atoms with E-state index in [-0.39, 0.29) is 4.21 Å². The van der Waals surface area contributed by atoms with Gasteiger partial charge in [-0.15, -0.1) is 16.4 Å². The summed E-state index contributed by atoms with van der Waals surface area (Å²) in [5, 5.41) is 2.95. The fourth-order valence-corrected chi connectivity index (χ4v) is 6.64. The van der Waals surface area contributed by atoms with Gasteiger partial charge in [-0.05, 0) is 86.5 Å². The van der Waals surface area contributed by atoms with Gasteiger partial charge in [-0.3, -0.25) is 4.72 Å². The standard InChI is InChI=1S/C23H25ClN2O5S2/c1-14-19-12-17(24)6-8-20(19)32-21(14)33(28,29)25-18-7-5-16-13-26(10-9-15(16)11-18)31-22(27)30-23(2,3)4/h5-8,11-12,25H,9-10,13H2,1-4H3. The predicted molar refractivity (Wildman–Crippen MR) is 130 cm³/mol. The third kappa shape index (κ3) is 5.43. The summed E-state index contributed by atoms with van der Waals surface area (Å²) < 4.78 is 35.3. The Bertz CT molecular complexity index is 1330. The van der Waals surface area contributed by atoms with E-state index in [1.54, 1.807) is 51.0 Å². The molecule has 7 nitrogen and oxygen atoms in total. The first-order valence-corrected chi connectivity index (χ1v) is 13.1. The third-order valence-corrected chi connectivity index (χ3v) is 8.64. The number of anilines is 1. The molecule has 176 valence electrons. The lowest BCUT2D eigenvalue weighted by Crippen LogP contribution is -2.35. The summed E-state index contributed by atoms with van der Waals surface area (Å²) in [5.41, 5.74) is 2.50. The molecule has 0 saturated carbocycles. The van der Waals surface area contributed by atoms with Gasteiger partial charge in [-0.25, -0.2) is 13.2 Å². The maximum Gasteiger partial charge on any atom is 0.528 e. The number of sulfonamides is 1. The fraction of sp³-hybridized carbons (Fsp3) is 0.348. The average molecular weight is 509 g/mol. The van der Waals surface area contributed by atoms with Gasteiger partial charge in [-0.1, -0.05) is 17.7 Å². The Morgan fingerprint density at radius 2 is 1.91 bits per heavy atom. The van der Waals surface area contributed by atoms with E-state index in [1.807, 2.05) is 18.2 Å². The monoisotopic (exact) mass is 508 g/mol. The summed E-state index contributed by atoms with van der Waals surface area (Å²) in [6.07, 6.45) is -0.135. The molecule has 4 rings (SSSR count). The van der Waals surface area contributed by atoms with E-state index in [0.717, 1.165) is 21.2 Å². The fourth-order valence-electron chi connectivity index (χ4n) is 3.67. The van der Waals surface area contributed by atoms with Crippen molar-refractivity contribution in [2.45, 2.75) is 50.5 Å². The number of nitrogens with one attached hydrogen (secondary N) is 1. The number of benzene rings is 2. The summed E-state index contributed by atoms with van der Waals surface area (Å²) >= 11 is 7.30. The molecule has 0 amide bonds. The summed E-state index contributed by atoms with van der Waals surface area (Å²) in [6, 6.07) is 10.8. The van der Waals surface area contributed by atoms with E-state index >= 15 is 0 Å². The Hall–Kier alpha value is -2.33. The van der Waals surface area contributed by atoms with Crippen LogP contribution in [0, 0.1) is 6.92 Å². The quantitative estimate of drug-likeness (QED) is 0.442. The SMILES string of the molecule is Cc1c(S(=O)(=O)Nc2ccc3c(c2)CCN(OC(=O)OC(C)(C)C)C3)sc2ccc(Cl)cc12. The number of carbonyl (C=O) groups excluding carboxylic acids is 1. The molecular formula is C23H25ClN2O5S2. The van der Waals surface area contributed by atoms with Crippen molar-refractivity contribution in [3.05, 3.63) is 58.1 Å². The zero-order chi connectivity index (χ0) is 24.0. The van der Waals surface area contributed by atoms with Crippen molar-refractivity contribution in [3.8, 4) is 0 Å². The van der Waals surface area contributed by atoms with Crippen LogP contribution in [0.4, 0.5) is 10.5 Å². The topological polar surface area (TPSA) is 84.9 Å². The number of hydrogen-bond donors (Lipinski definition) is 1. The molecule has 0 unspecified atom stereocenters. The zero-order valence-electron chi connectivity index (χ0n) is 18.8. The zero-order valence-corrected chi connectivity index (χ0v) is 21.2. The molecule has 2 aromatic carbocycles. The molecule has 0 saturated heterocycles. The minimum Gasteiger partial charge on any atom is -0.427 e. The van der Waals surface area contributed by atoms with E-state index in [1.165, 1.54) is 11.3 Å². The third-order valence-electron chi connectivity index (χ3n) is 5.13. The van der Waals surface area contributed by atoms with E-state index in [0.29, 0.717) is 35.8 Å². The second kappa shape index (κ2) is 8.79. The molecular weight excluding hydrogens is 484 g/mol. The number of rotatable bonds is 4. The molecule has 1 aliphatic heterocycles. The Kier molecular flexibility index (Phi) is 6.34. The van der Waals surface area contributed by atoms with Gasteiger partial charge in [0, 0.05) is 22.0 Å². The Balaban J connectivity index is 1.49. The second-order valence-corrected chi connectivity index (χ2v) is 12.3. The molecule has 3 aromatic rings. The molecule has 0 aliphatic carbocycles. The van der Waals surface area contributed by atoms with Gasteiger partial charge in [0.15, 0.2) is 0 Å². The number of nitrogens with zero attached hydrogens (tertiary/aromatic N) is 1. The maximum atomic E-state index is 13.1. The largest absolute Gasteiger partial charge is 0.528 e. The Labute approximate surface area is 202 Å². The van der Waals surface area contributed by atoms with Crippen LogP contribution in [-0.4, -0.2) is 31.8 Å². The smallest absolute Gasteiger partial charge is 0.427 e. The molecule has 0 radical (unpaired) electrons. The second-order valence-electron chi connectivity index (χ2n) is 8.91. The van der Waals surface area contributed by atoms with Crippen LogP contribution in [0.5, 0.6) is 0 Å². The molecule has 1 aromatic heterocycles. The Morgan fingerprint density at radius 3 is 2.64 bits per heavy atom. The predicted octanol–water partition coefficient (Wildman–Crippen LogP) is 5.89. The summed E-state index contributed by atoms with van der Waals surface area (Å²) in [7, 11) is -3.76. The number of halogens is 1. The summed E-state index contributed by atoms with van der Waals surface area (Å²) in [4.78, 5) is 17.2. The minimum absolute atomic E-state index is 0.273. The number of hydrogen-bond acceptors (Lipinski definition) is 7. The van der Waals surface area contributed by atoms with Crippen molar-refractivity contribution >= 4 is 54.9 Å². The molecule has 2 heterocycles. The van der Waals surface area contributed by atoms with Gasteiger partial charge in [0.05, 0.1) is 6.54 Å². The number of hydroxylamine groups is 2. The Morgan fingerprint density at radius 1 is 1.15 bits per heavy atom. The van der Waals surface area contributed by atoms with Crippen LogP contribution in [0.15, 0.2) is 40.6 Å². The van der Waals surface area contributed by atoms with E-state index in [9.17, 15) is 13.2 Å². The lowest BCUT2D eigenvalue weighted by molar-refractivity contribution is -0.151. The molecule has 0 bridgehead atoms. The maximum absolute atomic E-state index is 13.1. The lowest BCUT2D eigenvalue weighted by atomic mass is 10.0. The van der Waals surface area contributed by atoms with Crippen molar-refractivity contribution in [1.82, 2.24) is 5.06 Å². The van der Waals surface area contributed by atoms with Crippen LogP contribution in [0.2, 0.25) is 5.02 Å². The molecule has 0 spiro atoms. The van der Waals surface area contributed by atoms with Crippen molar-refractivity contribution in [1.29, 1.82) is 0 Å². The molecule has 0 atom stereocenters. The molecule has 1 N–H and O–H groups in total. The highest BCUT2D eigenvalue weighted by atomic mass is 35.5. The van der Waals surface area contributed by atoms with Crippen molar-refractivity contribution in [2.24, 2.45) is 0 Å². The van der Waals surface area contributed by atoms with Crippen molar-refractivity contribution in [2.75, 3.05) is 11.3 Å². The highest BCUT2D eigenvalue weighted by Crippen LogP contribution is 2.36. The highest BCUT2D eigenvalue weighted by molar-refractivity contribution is 7.94. The minimum atomic E-state index is -3.76. The highest BCUT2D eigenvalue weighted by Gasteiger charge is 2.25. The van der Waals surface area contributed by atoms with Crippen LogP contribution < -0.4 is 4.72 Å². The number of aryl methyl sites for hydroxylation is 1. The van der Waals surface area contributed by atoms with E-state index in [2.05, 4.69) is 4.72 Å². The van der Waals surface area contributed by atoms with Crippen LogP contribution >= 0.6 is 22.9 Å². The first-order chi connectivity index (χ1) is 15.4. The van der Waals surface area contributed by atoms with E-state index in [4.69, 9.17) is 21.2 Å². The molecule has 1 aliphatic rings. The number of carbonyl (C=O) groups is 1. The normalized spacial score (nSPS) is 14.7. The molecule has 10 heteroatoms. The first-order valence-electron chi connectivity index (χ1n) is 10.4. The number of ether oxygens (including phenoxy) is 1. The summed E-state index contributed by atoms with van der Waals surface area (Å²) in [6.45, 7) is 8.00. The van der Waals surface area contributed by atoms with Crippen LogP contribution in [0.1, 0.15) is 37.5 Å². The van der Waals surface area contributed by atoms with Crippen LogP contribution in [0.3, 0.4) is 0 Å². The molecule has 33 heavy (non-hydrogen) atoms.